The maximum Gasteiger partial charge on any atom is 0.161 e. The third-order valence-corrected chi connectivity index (χ3v) is 6.41. The molecule has 1 saturated heterocycles. The van der Waals surface area contributed by atoms with Crippen LogP contribution in [0.2, 0.25) is 0 Å². The van der Waals surface area contributed by atoms with E-state index in [9.17, 15) is 5.11 Å². The molecule has 1 aliphatic rings. The number of likely N-dealkylation sites (tertiary alicyclic amines) is 1. The van der Waals surface area contributed by atoms with Gasteiger partial charge in [-0.25, -0.2) is 4.98 Å². The highest BCUT2D eigenvalue weighted by Gasteiger charge is 2.33. The number of ether oxygens (including phenoxy) is 3. The molecule has 7 heteroatoms. The van der Waals surface area contributed by atoms with Gasteiger partial charge in [0.25, 0.3) is 0 Å². The van der Waals surface area contributed by atoms with Crippen LogP contribution in [-0.4, -0.2) is 58.6 Å². The van der Waals surface area contributed by atoms with E-state index in [1.54, 1.807) is 19.6 Å². The van der Waals surface area contributed by atoms with Crippen molar-refractivity contribution < 1.29 is 19.3 Å². The van der Waals surface area contributed by atoms with Crippen LogP contribution in [0.1, 0.15) is 29.5 Å². The molecule has 1 N–H and O–H groups in total. The maximum absolute atomic E-state index is 11.1. The van der Waals surface area contributed by atoms with E-state index in [0.29, 0.717) is 26.1 Å². The summed E-state index contributed by atoms with van der Waals surface area (Å²) in [6, 6.07) is 12.2. The van der Waals surface area contributed by atoms with Crippen LogP contribution in [0.3, 0.4) is 0 Å². The number of nitrogens with zero attached hydrogens (tertiary/aromatic N) is 3. The summed E-state index contributed by atoms with van der Waals surface area (Å²) in [4.78, 5) is 6.42. The number of imidazole rings is 1. The molecular weight excluding hydrogens is 430 g/mol. The number of rotatable bonds is 10. The van der Waals surface area contributed by atoms with Crippen molar-refractivity contribution in [3.8, 4) is 17.2 Å². The molecular formula is C27H35N3O4. The largest absolute Gasteiger partial charge is 0.493 e. The van der Waals surface area contributed by atoms with E-state index in [4.69, 9.17) is 14.2 Å². The van der Waals surface area contributed by atoms with Crippen LogP contribution < -0.4 is 14.2 Å². The molecule has 0 atom stereocenters. The van der Waals surface area contributed by atoms with Crippen molar-refractivity contribution in [1.29, 1.82) is 0 Å². The molecule has 0 unspecified atom stereocenters. The lowest BCUT2D eigenvalue weighted by molar-refractivity contribution is -0.0538. The van der Waals surface area contributed by atoms with Crippen LogP contribution in [0.5, 0.6) is 17.2 Å². The summed E-state index contributed by atoms with van der Waals surface area (Å²) in [6.45, 7) is 8.12. The summed E-state index contributed by atoms with van der Waals surface area (Å²) >= 11 is 0. The molecule has 182 valence electrons. The molecule has 4 rings (SSSR count). The Labute approximate surface area is 201 Å². The first kappa shape index (κ1) is 24.1. The van der Waals surface area contributed by atoms with E-state index in [0.717, 1.165) is 54.6 Å². The number of hydrogen-bond donors (Lipinski definition) is 1. The highest BCUT2D eigenvalue weighted by atomic mass is 16.5. The second-order valence-corrected chi connectivity index (χ2v) is 9.19. The fourth-order valence-corrected chi connectivity index (χ4v) is 4.32. The van der Waals surface area contributed by atoms with Crippen LogP contribution >= 0.6 is 0 Å². The molecule has 2 heterocycles. The molecule has 1 aromatic heterocycles. The Kier molecular flexibility index (Phi) is 7.75. The topological polar surface area (TPSA) is 69.0 Å². The summed E-state index contributed by atoms with van der Waals surface area (Å²) in [5.41, 5.74) is 2.68. The minimum Gasteiger partial charge on any atom is -0.493 e. The van der Waals surface area contributed by atoms with Gasteiger partial charge in [-0.05, 0) is 56.0 Å². The van der Waals surface area contributed by atoms with Gasteiger partial charge < -0.3 is 23.9 Å². The number of aliphatic hydroxyl groups is 1. The standard InChI is InChI=1S/C27H35N3O4/c1-21-4-6-24(22(2)16-21)34-19-27(31)8-11-29(12-9-27)18-23-5-7-25(32-3)26(17-23)33-15-14-30-13-10-28-20-30/h4-7,10,13,16-17,20,31H,8-9,11-12,14-15,18-19H2,1-3H3. The normalized spacial score (nSPS) is 15.8. The Morgan fingerprint density at radius 2 is 1.79 bits per heavy atom. The number of piperidine rings is 1. The molecule has 0 aliphatic carbocycles. The summed E-state index contributed by atoms with van der Waals surface area (Å²) in [7, 11) is 1.66. The minimum absolute atomic E-state index is 0.322. The fourth-order valence-electron chi connectivity index (χ4n) is 4.32. The van der Waals surface area contributed by atoms with Crippen LogP contribution in [-0.2, 0) is 13.1 Å². The fraction of sp³-hybridized carbons (Fsp3) is 0.444. The van der Waals surface area contributed by atoms with Gasteiger partial charge in [-0.15, -0.1) is 0 Å². The molecule has 0 bridgehead atoms. The van der Waals surface area contributed by atoms with Crippen molar-refractivity contribution in [3.63, 3.8) is 0 Å². The molecule has 0 radical (unpaired) electrons. The predicted octanol–water partition coefficient (Wildman–Crippen LogP) is 3.99. The van der Waals surface area contributed by atoms with E-state index in [1.165, 1.54) is 5.56 Å². The number of aryl methyl sites for hydroxylation is 2. The van der Waals surface area contributed by atoms with E-state index < -0.39 is 5.60 Å². The van der Waals surface area contributed by atoms with Gasteiger partial charge in [-0.3, -0.25) is 4.90 Å². The minimum atomic E-state index is -0.796. The van der Waals surface area contributed by atoms with Crippen molar-refractivity contribution in [1.82, 2.24) is 14.5 Å². The summed E-state index contributed by atoms with van der Waals surface area (Å²) in [6.07, 6.45) is 6.82. The molecule has 3 aromatic rings. The van der Waals surface area contributed by atoms with Gasteiger partial charge in [0.1, 0.15) is 24.6 Å². The van der Waals surface area contributed by atoms with E-state index >= 15 is 0 Å². The Balaban J connectivity index is 1.28. The van der Waals surface area contributed by atoms with Crippen LogP contribution in [0.15, 0.2) is 55.1 Å². The lowest BCUT2D eigenvalue weighted by atomic mass is 9.92. The molecule has 2 aromatic carbocycles. The first-order chi connectivity index (χ1) is 16.4. The molecule has 0 saturated carbocycles. The van der Waals surface area contributed by atoms with Crippen molar-refractivity contribution in [2.24, 2.45) is 0 Å². The second-order valence-electron chi connectivity index (χ2n) is 9.19. The maximum atomic E-state index is 11.1. The third kappa shape index (κ3) is 6.30. The SMILES string of the molecule is COc1ccc(CN2CCC(O)(COc3ccc(C)cc3C)CC2)cc1OCCn1ccnc1. The lowest BCUT2D eigenvalue weighted by Crippen LogP contribution is -2.47. The summed E-state index contributed by atoms with van der Waals surface area (Å²) < 4.78 is 19.5. The van der Waals surface area contributed by atoms with E-state index in [-0.39, 0.29) is 0 Å². The zero-order valence-corrected chi connectivity index (χ0v) is 20.4. The second kappa shape index (κ2) is 10.9. The van der Waals surface area contributed by atoms with E-state index in [2.05, 4.69) is 35.0 Å². The first-order valence-electron chi connectivity index (χ1n) is 11.8. The highest BCUT2D eigenvalue weighted by molar-refractivity contribution is 5.43. The van der Waals surface area contributed by atoms with Gasteiger partial charge >= 0.3 is 0 Å². The van der Waals surface area contributed by atoms with Crippen molar-refractivity contribution >= 4 is 0 Å². The van der Waals surface area contributed by atoms with Crippen molar-refractivity contribution in [2.75, 3.05) is 33.4 Å². The molecule has 0 amide bonds. The van der Waals surface area contributed by atoms with Crippen molar-refractivity contribution in [2.45, 2.75) is 45.4 Å². The molecule has 7 nitrogen and oxygen atoms in total. The average molecular weight is 466 g/mol. The van der Waals surface area contributed by atoms with Gasteiger partial charge in [0.15, 0.2) is 11.5 Å². The zero-order valence-electron chi connectivity index (χ0n) is 20.4. The van der Waals surface area contributed by atoms with Crippen LogP contribution in [0, 0.1) is 13.8 Å². The third-order valence-electron chi connectivity index (χ3n) is 6.41. The number of hydrogen-bond acceptors (Lipinski definition) is 6. The smallest absolute Gasteiger partial charge is 0.161 e. The Bertz CT molecular complexity index is 1060. The molecule has 1 fully saturated rings. The number of benzene rings is 2. The van der Waals surface area contributed by atoms with Gasteiger partial charge in [0, 0.05) is 32.0 Å². The number of methoxy groups -OCH3 is 1. The van der Waals surface area contributed by atoms with Crippen molar-refractivity contribution in [3.05, 3.63) is 71.8 Å². The van der Waals surface area contributed by atoms with Crippen LogP contribution in [0.4, 0.5) is 0 Å². The Morgan fingerprint density at radius 1 is 1.00 bits per heavy atom. The lowest BCUT2D eigenvalue weighted by Gasteiger charge is -2.38. The zero-order chi connectivity index (χ0) is 24.0. The Hall–Kier alpha value is -3.03. The monoisotopic (exact) mass is 465 g/mol. The predicted molar refractivity (Wildman–Crippen MR) is 132 cm³/mol. The highest BCUT2D eigenvalue weighted by Crippen LogP contribution is 2.30. The summed E-state index contributed by atoms with van der Waals surface area (Å²) in [5.74, 6) is 2.32. The molecule has 0 spiro atoms. The van der Waals surface area contributed by atoms with E-state index in [1.807, 2.05) is 35.9 Å². The average Bonchev–Trinajstić information content (AvgIpc) is 3.34. The Morgan fingerprint density at radius 3 is 2.50 bits per heavy atom. The molecule has 34 heavy (non-hydrogen) atoms. The molecule has 1 aliphatic heterocycles. The van der Waals surface area contributed by atoms with Crippen LogP contribution in [0.25, 0.3) is 0 Å². The first-order valence-corrected chi connectivity index (χ1v) is 11.8. The van der Waals surface area contributed by atoms with Gasteiger partial charge in [-0.2, -0.15) is 0 Å². The summed E-state index contributed by atoms with van der Waals surface area (Å²) in [5, 5.41) is 11.1. The van der Waals surface area contributed by atoms with Gasteiger partial charge in [0.2, 0.25) is 0 Å². The quantitative estimate of drug-likeness (QED) is 0.488. The van der Waals surface area contributed by atoms with Gasteiger partial charge in [0.05, 0.1) is 20.0 Å². The van der Waals surface area contributed by atoms with Gasteiger partial charge in [-0.1, -0.05) is 23.8 Å². The number of aromatic nitrogens is 2.